The molecule has 5 heteroatoms. The van der Waals surface area contributed by atoms with Crippen molar-refractivity contribution in [2.75, 3.05) is 11.1 Å². The Morgan fingerprint density at radius 3 is 3.07 bits per heavy atom. The van der Waals surface area contributed by atoms with Gasteiger partial charge < -0.3 is 15.5 Å². The minimum absolute atomic E-state index is 0.649. The van der Waals surface area contributed by atoms with Gasteiger partial charge >= 0.3 is 0 Å². The normalized spacial score (nSPS) is 10.4. The Labute approximate surface area is 81.5 Å². The zero-order chi connectivity index (χ0) is 9.97. The van der Waals surface area contributed by atoms with Crippen LogP contribution in [0.1, 0.15) is 5.56 Å². The lowest BCUT2D eigenvalue weighted by molar-refractivity contribution is 0.564. The molecule has 0 unspecified atom stereocenters. The molecule has 2 aromatic heterocycles. The van der Waals surface area contributed by atoms with Crippen LogP contribution in [-0.4, -0.2) is 9.78 Å². The van der Waals surface area contributed by atoms with Crippen LogP contribution in [0.25, 0.3) is 0 Å². The molecule has 2 rings (SSSR count). The third-order valence-corrected chi connectivity index (χ3v) is 1.90. The number of furan rings is 1. The standard InChI is InChI=1S/C9H12N4O/c1-13-5-8(10)9(12-13)11-4-7-2-3-14-6-7/h2-3,5-6H,4,10H2,1H3,(H,11,12). The Balaban J connectivity index is 2.01. The van der Waals surface area contributed by atoms with Gasteiger partial charge in [0.25, 0.3) is 0 Å². The van der Waals surface area contributed by atoms with Crippen molar-refractivity contribution in [3.05, 3.63) is 30.4 Å². The summed E-state index contributed by atoms with van der Waals surface area (Å²) in [5.41, 5.74) is 7.43. The van der Waals surface area contributed by atoms with Crippen molar-refractivity contribution in [1.82, 2.24) is 9.78 Å². The highest BCUT2D eigenvalue weighted by atomic mass is 16.3. The van der Waals surface area contributed by atoms with Crippen molar-refractivity contribution in [2.24, 2.45) is 7.05 Å². The van der Waals surface area contributed by atoms with Crippen molar-refractivity contribution in [1.29, 1.82) is 0 Å². The summed E-state index contributed by atoms with van der Waals surface area (Å²) in [5.74, 6) is 0.703. The van der Waals surface area contributed by atoms with E-state index in [0.717, 1.165) is 5.56 Å². The van der Waals surface area contributed by atoms with Gasteiger partial charge in [-0.1, -0.05) is 0 Å². The Bertz CT molecular complexity index is 404. The molecule has 0 bridgehead atoms. The molecule has 0 aromatic carbocycles. The minimum atomic E-state index is 0.649. The lowest BCUT2D eigenvalue weighted by Gasteiger charge is -2.00. The molecule has 2 aromatic rings. The summed E-state index contributed by atoms with van der Waals surface area (Å²) in [6, 6.07) is 1.89. The number of nitrogens with zero attached hydrogens (tertiary/aromatic N) is 2. The van der Waals surface area contributed by atoms with Gasteiger partial charge in [0.2, 0.25) is 0 Å². The Morgan fingerprint density at radius 2 is 2.50 bits per heavy atom. The van der Waals surface area contributed by atoms with E-state index in [4.69, 9.17) is 10.2 Å². The Hall–Kier alpha value is -1.91. The number of aromatic nitrogens is 2. The lowest BCUT2D eigenvalue weighted by atomic mass is 10.3. The summed E-state index contributed by atoms with van der Waals surface area (Å²) in [6.07, 6.45) is 5.09. The first kappa shape index (κ1) is 8.68. The van der Waals surface area contributed by atoms with E-state index < -0.39 is 0 Å². The van der Waals surface area contributed by atoms with Crippen LogP contribution in [0.5, 0.6) is 0 Å². The van der Waals surface area contributed by atoms with Crippen molar-refractivity contribution < 1.29 is 4.42 Å². The van der Waals surface area contributed by atoms with E-state index in [9.17, 15) is 0 Å². The third-order valence-electron chi connectivity index (χ3n) is 1.90. The highest BCUT2D eigenvalue weighted by Crippen LogP contribution is 2.15. The number of nitrogens with two attached hydrogens (primary N) is 1. The smallest absolute Gasteiger partial charge is 0.171 e. The van der Waals surface area contributed by atoms with Crippen molar-refractivity contribution in [3.63, 3.8) is 0 Å². The monoisotopic (exact) mass is 192 g/mol. The average Bonchev–Trinajstić information content (AvgIpc) is 2.72. The summed E-state index contributed by atoms with van der Waals surface area (Å²) >= 11 is 0. The third kappa shape index (κ3) is 1.71. The van der Waals surface area contributed by atoms with E-state index >= 15 is 0 Å². The number of anilines is 2. The van der Waals surface area contributed by atoms with Crippen LogP contribution in [0.3, 0.4) is 0 Å². The van der Waals surface area contributed by atoms with Crippen LogP contribution in [0.4, 0.5) is 11.5 Å². The quantitative estimate of drug-likeness (QED) is 0.766. The predicted molar refractivity (Wildman–Crippen MR) is 53.7 cm³/mol. The minimum Gasteiger partial charge on any atom is -0.472 e. The van der Waals surface area contributed by atoms with Gasteiger partial charge in [0.05, 0.1) is 18.2 Å². The average molecular weight is 192 g/mol. The number of nitrogens with one attached hydrogen (secondary N) is 1. The van der Waals surface area contributed by atoms with E-state index in [1.807, 2.05) is 13.1 Å². The number of hydrogen-bond donors (Lipinski definition) is 2. The molecule has 0 saturated carbocycles. The fourth-order valence-electron chi connectivity index (χ4n) is 1.22. The molecule has 5 nitrogen and oxygen atoms in total. The van der Waals surface area contributed by atoms with E-state index in [2.05, 4.69) is 10.4 Å². The maximum atomic E-state index is 5.71. The summed E-state index contributed by atoms with van der Waals surface area (Å²) in [4.78, 5) is 0. The summed E-state index contributed by atoms with van der Waals surface area (Å²) in [6.45, 7) is 0.664. The second-order valence-electron chi connectivity index (χ2n) is 3.09. The van der Waals surface area contributed by atoms with E-state index in [0.29, 0.717) is 18.1 Å². The first-order valence-electron chi connectivity index (χ1n) is 4.30. The fourth-order valence-corrected chi connectivity index (χ4v) is 1.22. The number of hydrogen-bond acceptors (Lipinski definition) is 4. The number of aryl methyl sites for hydroxylation is 1. The summed E-state index contributed by atoms with van der Waals surface area (Å²) in [7, 11) is 1.83. The molecular weight excluding hydrogens is 180 g/mol. The van der Waals surface area contributed by atoms with Crippen LogP contribution in [-0.2, 0) is 13.6 Å². The maximum absolute atomic E-state index is 5.71. The van der Waals surface area contributed by atoms with E-state index in [1.54, 1.807) is 23.4 Å². The topological polar surface area (TPSA) is 69.0 Å². The van der Waals surface area contributed by atoms with Crippen LogP contribution < -0.4 is 11.1 Å². The zero-order valence-corrected chi connectivity index (χ0v) is 7.90. The molecule has 0 aliphatic heterocycles. The SMILES string of the molecule is Cn1cc(N)c(NCc2ccoc2)n1. The molecule has 3 N–H and O–H groups in total. The molecule has 14 heavy (non-hydrogen) atoms. The van der Waals surface area contributed by atoms with Crippen molar-refractivity contribution in [3.8, 4) is 0 Å². The van der Waals surface area contributed by atoms with Gasteiger partial charge in [-0.05, 0) is 6.07 Å². The summed E-state index contributed by atoms with van der Waals surface area (Å²) < 4.78 is 6.62. The van der Waals surface area contributed by atoms with Crippen LogP contribution in [0, 0.1) is 0 Å². The molecule has 0 radical (unpaired) electrons. The Kier molecular flexibility index (Phi) is 2.14. The van der Waals surface area contributed by atoms with Crippen LogP contribution in [0.2, 0.25) is 0 Å². The van der Waals surface area contributed by atoms with Crippen molar-refractivity contribution >= 4 is 11.5 Å². The fraction of sp³-hybridized carbons (Fsp3) is 0.222. The van der Waals surface area contributed by atoms with Gasteiger partial charge in [-0.3, -0.25) is 4.68 Å². The Morgan fingerprint density at radius 1 is 1.64 bits per heavy atom. The molecule has 0 fully saturated rings. The lowest BCUT2D eigenvalue weighted by Crippen LogP contribution is -2.01. The molecule has 0 amide bonds. The van der Waals surface area contributed by atoms with Gasteiger partial charge in [-0.15, -0.1) is 0 Å². The van der Waals surface area contributed by atoms with Crippen LogP contribution >= 0.6 is 0 Å². The number of nitrogen functional groups attached to an aromatic ring is 1. The molecule has 2 heterocycles. The highest BCUT2D eigenvalue weighted by molar-refractivity contribution is 5.59. The molecule has 0 aliphatic carbocycles. The highest BCUT2D eigenvalue weighted by Gasteiger charge is 2.03. The molecule has 0 aliphatic rings. The van der Waals surface area contributed by atoms with E-state index in [-0.39, 0.29) is 0 Å². The molecule has 0 atom stereocenters. The van der Waals surface area contributed by atoms with Gasteiger partial charge in [0.15, 0.2) is 5.82 Å². The van der Waals surface area contributed by atoms with Crippen molar-refractivity contribution in [2.45, 2.75) is 6.54 Å². The molecule has 0 saturated heterocycles. The van der Waals surface area contributed by atoms with Gasteiger partial charge in [0.1, 0.15) is 0 Å². The molecule has 74 valence electrons. The van der Waals surface area contributed by atoms with Gasteiger partial charge in [-0.25, -0.2) is 0 Å². The molecular formula is C9H12N4O. The summed E-state index contributed by atoms with van der Waals surface area (Å²) in [5, 5.41) is 7.28. The zero-order valence-electron chi connectivity index (χ0n) is 7.90. The first-order valence-corrected chi connectivity index (χ1v) is 4.30. The first-order chi connectivity index (χ1) is 6.75. The van der Waals surface area contributed by atoms with Gasteiger partial charge in [0, 0.05) is 25.4 Å². The second-order valence-corrected chi connectivity index (χ2v) is 3.09. The van der Waals surface area contributed by atoms with Gasteiger partial charge in [-0.2, -0.15) is 5.10 Å². The largest absolute Gasteiger partial charge is 0.472 e. The molecule has 0 spiro atoms. The van der Waals surface area contributed by atoms with Crippen LogP contribution in [0.15, 0.2) is 29.2 Å². The predicted octanol–water partition coefficient (Wildman–Crippen LogP) is 1.21. The second kappa shape index (κ2) is 3.45. The number of rotatable bonds is 3. The van der Waals surface area contributed by atoms with E-state index in [1.165, 1.54) is 0 Å². The maximum Gasteiger partial charge on any atom is 0.171 e.